The van der Waals surface area contributed by atoms with Crippen LogP contribution < -0.4 is 5.32 Å². The van der Waals surface area contributed by atoms with Crippen molar-refractivity contribution >= 4 is 0 Å². The molecule has 0 aromatic heterocycles. The van der Waals surface area contributed by atoms with E-state index < -0.39 is 17.5 Å². The van der Waals surface area contributed by atoms with E-state index in [0.29, 0.717) is 11.5 Å². The summed E-state index contributed by atoms with van der Waals surface area (Å²) >= 11 is 0. The molecule has 0 saturated heterocycles. The van der Waals surface area contributed by atoms with Gasteiger partial charge in [0.2, 0.25) is 0 Å². The van der Waals surface area contributed by atoms with Crippen LogP contribution in [0.5, 0.6) is 0 Å². The number of benzene rings is 1. The van der Waals surface area contributed by atoms with Crippen LogP contribution in [-0.4, -0.2) is 7.05 Å². The summed E-state index contributed by atoms with van der Waals surface area (Å²) < 4.78 is 39.2. The molecule has 0 heterocycles. The summed E-state index contributed by atoms with van der Waals surface area (Å²) in [6, 6.07) is 2.09. The molecular formula is C13H16F3N. The molecule has 0 aliphatic heterocycles. The lowest BCUT2D eigenvalue weighted by atomic mass is 9.91. The molecule has 1 aliphatic rings. The van der Waals surface area contributed by atoms with Gasteiger partial charge in [0, 0.05) is 6.04 Å². The summed E-state index contributed by atoms with van der Waals surface area (Å²) in [4.78, 5) is 0. The molecule has 1 fully saturated rings. The van der Waals surface area contributed by atoms with Crippen molar-refractivity contribution in [2.45, 2.75) is 31.7 Å². The molecular weight excluding hydrogens is 227 g/mol. The Morgan fingerprint density at radius 3 is 2.12 bits per heavy atom. The lowest BCUT2D eigenvalue weighted by Crippen LogP contribution is -2.24. The molecule has 1 saturated carbocycles. The third-order valence-electron chi connectivity index (χ3n) is 3.55. The Hall–Kier alpha value is -1.03. The largest absolute Gasteiger partial charge is 0.313 e. The molecule has 17 heavy (non-hydrogen) atoms. The van der Waals surface area contributed by atoms with Crippen LogP contribution in [0, 0.1) is 23.4 Å². The first-order valence-electron chi connectivity index (χ1n) is 5.95. The molecule has 0 spiro atoms. The van der Waals surface area contributed by atoms with Gasteiger partial charge in [0.25, 0.3) is 0 Å². The fourth-order valence-corrected chi connectivity index (χ4v) is 2.72. The maximum Gasteiger partial charge on any atom is 0.194 e. The highest BCUT2D eigenvalue weighted by atomic mass is 19.2. The zero-order valence-corrected chi connectivity index (χ0v) is 9.77. The first kappa shape index (κ1) is 12.4. The molecule has 1 aromatic carbocycles. The average Bonchev–Trinajstić information content (AvgIpc) is 2.80. The summed E-state index contributed by atoms with van der Waals surface area (Å²) in [6.07, 6.45) is 4.39. The second kappa shape index (κ2) is 5.08. The summed E-state index contributed by atoms with van der Waals surface area (Å²) in [5.41, 5.74) is 0.496. The van der Waals surface area contributed by atoms with E-state index in [0.717, 1.165) is 37.8 Å². The van der Waals surface area contributed by atoms with Crippen LogP contribution >= 0.6 is 0 Å². The Morgan fingerprint density at radius 1 is 1.12 bits per heavy atom. The summed E-state index contributed by atoms with van der Waals surface area (Å²) in [5, 5.41) is 3.08. The van der Waals surface area contributed by atoms with Crippen LogP contribution in [0.1, 0.15) is 37.3 Å². The number of halogens is 3. The zero-order chi connectivity index (χ0) is 12.4. The van der Waals surface area contributed by atoms with Crippen LogP contribution in [-0.2, 0) is 0 Å². The van der Waals surface area contributed by atoms with Gasteiger partial charge in [-0.05, 0) is 43.5 Å². The van der Waals surface area contributed by atoms with E-state index in [2.05, 4.69) is 5.32 Å². The van der Waals surface area contributed by atoms with Crippen LogP contribution in [0.4, 0.5) is 13.2 Å². The van der Waals surface area contributed by atoms with Crippen molar-refractivity contribution in [2.75, 3.05) is 7.05 Å². The van der Waals surface area contributed by atoms with Gasteiger partial charge in [-0.15, -0.1) is 0 Å². The quantitative estimate of drug-likeness (QED) is 0.800. The number of hydrogen-bond acceptors (Lipinski definition) is 1. The van der Waals surface area contributed by atoms with Crippen LogP contribution in [0.25, 0.3) is 0 Å². The van der Waals surface area contributed by atoms with E-state index >= 15 is 0 Å². The predicted octanol–water partition coefficient (Wildman–Crippen LogP) is 3.55. The Kier molecular flexibility index (Phi) is 3.72. The van der Waals surface area contributed by atoms with Gasteiger partial charge < -0.3 is 5.32 Å². The summed E-state index contributed by atoms with van der Waals surface area (Å²) in [6.45, 7) is 0. The molecule has 0 radical (unpaired) electrons. The Bertz CT molecular complexity index is 377. The Labute approximate surface area is 99.0 Å². The van der Waals surface area contributed by atoms with Gasteiger partial charge in [-0.1, -0.05) is 12.8 Å². The maximum absolute atomic E-state index is 13.2. The molecule has 1 atom stereocenters. The van der Waals surface area contributed by atoms with E-state index in [1.54, 1.807) is 7.05 Å². The predicted molar refractivity (Wildman–Crippen MR) is 60.1 cm³/mol. The molecule has 0 bridgehead atoms. The Balaban J connectivity index is 2.30. The lowest BCUT2D eigenvalue weighted by molar-refractivity contribution is 0.381. The second-order valence-corrected chi connectivity index (χ2v) is 4.61. The third kappa shape index (κ3) is 2.46. The van der Waals surface area contributed by atoms with Gasteiger partial charge in [-0.3, -0.25) is 0 Å². The number of rotatable bonds is 3. The van der Waals surface area contributed by atoms with Gasteiger partial charge in [0.05, 0.1) is 0 Å². The van der Waals surface area contributed by atoms with Gasteiger partial charge in [0.1, 0.15) is 0 Å². The third-order valence-corrected chi connectivity index (χ3v) is 3.55. The zero-order valence-electron chi connectivity index (χ0n) is 9.77. The number of hydrogen-bond donors (Lipinski definition) is 1. The Morgan fingerprint density at radius 2 is 1.65 bits per heavy atom. The first-order chi connectivity index (χ1) is 8.13. The molecule has 94 valence electrons. The smallest absolute Gasteiger partial charge is 0.194 e. The highest BCUT2D eigenvalue weighted by Crippen LogP contribution is 2.36. The van der Waals surface area contributed by atoms with Gasteiger partial charge >= 0.3 is 0 Å². The van der Waals surface area contributed by atoms with Crippen molar-refractivity contribution in [1.82, 2.24) is 5.32 Å². The molecule has 0 amide bonds. The molecule has 1 nitrogen and oxygen atoms in total. The van der Waals surface area contributed by atoms with E-state index in [1.807, 2.05) is 0 Å². The molecule has 1 aliphatic carbocycles. The van der Waals surface area contributed by atoms with Crippen LogP contribution in [0.15, 0.2) is 12.1 Å². The minimum Gasteiger partial charge on any atom is -0.313 e. The van der Waals surface area contributed by atoms with Crippen molar-refractivity contribution in [1.29, 1.82) is 0 Å². The maximum atomic E-state index is 13.2. The fourth-order valence-electron chi connectivity index (χ4n) is 2.72. The SMILES string of the molecule is CNC(c1cc(F)c(F)c(F)c1)C1CCCC1. The second-order valence-electron chi connectivity index (χ2n) is 4.61. The topological polar surface area (TPSA) is 12.0 Å². The first-order valence-corrected chi connectivity index (χ1v) is 5.95. The van der Waals surface area contributed by atoms with E-state index in [9.17, 15) is 13.2 Å². The minimum atomic E-state index is -1.39. The van der Waals surface area contributed by atoms with Gasteiger partial charge in [-0.25, -0.2) is 13.2 Å². The summed E-state index contributed by atoms with van der Waals surface area (Å²) in [5.74, 6) is -3.24. The molecule has 1 aromatic rings. The normalized spacial score (nSPS) is 18.6. The standard InChI is InChI=1S/C13H16F3N/c1-17-13(8-4-2-3-5-8)9-6-10(14)12(16)11(15)7-9/h6-8,13,17H,2-5H2,1H3. The van der Waals surface area contributed by atoms with Crippen molar-refractivity contribution in [3.05, 3.63) is 35.1 Å². The highest BCUT2D eigenvalue weighted by Gasteiger charge is 2.26. The van der Waals surface area contributed by atoms with E-state index in [4.69, 9.17) is 0 Å². The van der Waals surface area contributed by atoms with Crippen molar-refractivity contribution in [2.24, 2.45) is 5.92 Å². The monoisotopic (exact) mass is 243 g/mol. The van der Waals surface area contributed by atoms with E-state index in [-0.39, 0.29) is 6.04 Å². The van der Waals surface area contributed by atoms with Crippen LogP contribution in [0.2, 0.25) is 0 Å². The summed E-state index contributed by atoms with van der Waals surface area (Å²) in [7, 11) is 1.77. The van der Waals surface area contributed by atoms with E-state index in [1.165, 1.54) is 0 Å². The average molecular weight is 243 g/mol. The highest BCUT2D eigenvalue weighted by molar-refractivity contribution is 5.23. The lowest BCUT2D eigenvalue weighted by Gasteiger charge is -2.23. The van der Waals surface area contributed by atoms with Crippen molar-refractivity contribution in [3.63, 3.8) is 0 Å². The molecule has 4 heteroatoms. The van der Waals surface area contributed by atoms with Crippen molar-refractivity contribution in [3.8, 4) is 0 Å². The van der Waals surface area contributed by atoms with Crippen LogP contribution in [0.3, 0.4) is 0 Å². The molecule has 1 unspecified atom stereocenters. The van der Waals surface area contributed by atoms with Gasteiger partial charge in [-0.2, -0.15) is 0 Å². The van der Waals surface area contributed by atoms with Gasteiger partial charge in [0.15, 0.2) is 17.5 Å². The minimum absolute atomic E-state index is 0.0953. The molecule has 1 N–H and O–H groups in total. The fraction of sp³-hybridized carbons (Fsp3) is 0.538. The molecule has 2 rings (SSSR count). The number of nitrogens with one attached hydrogen (secondary N) is 1. The van der Waals surface area contributed by atoms with Crippen molar-refractivity contribution < 1.29 is 13.2 Å².